The van der Waals surface area contributed by atoms with Gasteiger partial charge in [0.05, 0.1) is 0 Å². The van der Waals surface area contributed by atoms with Crippen LogP contribution in [0.25, 0.3) is 0 Å². The summed E-state index contributed by atoms with van der Waals surface area (Å²) < 4.78 is 0. The molecule has 2 atom stereocenters. The van der Waals surface area contributed by atoms with Gasteiger partial charge >= 0.3 is 12.1 Å². The number of hydrogen-bond donors (Lipinski definition) is 3. The molecule has 3 N–H and O–H groups in total. The Morgan fingerprint density at radius 2 is 1.82 bits per heavy atom. The van der Waals surface area contributed by atoms with Crippen molar-refractivity contribution in [3.63, 3.8) is 0 Å². The highest BCUT2D eigenvalue weighted by Crippen LogP contribution is 2.11. The predicted molar refractivity (Wildman–Crippen MR) is 61.0 cm³/mol. The summed E-state index contributed by atoms with van der Waals surface area (Å²) in [5, 5.41) is 26.8. The van der Waals surface area contributed by atoms with E-state index in [-0.39, 0.29) is 10.7 Å². The van der Waals surface area contributed by atoms with Crippen molar-refractivity contribution in [1.82, 2.24) is 4.90 Å². The average molecular weight is 265 g/mol. The molecule has 7 nitrogen and oxygen atoms in total. The SMILES string of the molecule is CCSCC(C(=O)O)N(C(=O)O)C(=O)C(C)O. The number of aliphatic hydroxyl groups is 1. The topological polar surface area (TPSA) is 115 Å². The van der Waals surface area contributed by atoms with Crippen LogP contribution in [0.3, 0.4) is 0 Å². The maximum atomic E-state index is 11.4. The first-order chi connectivity index (χ1) is 7.82. The number of carbonyl (C=O) groups is 3. The van der Waals surface area contributed by atoms with E-state index in [9.17, 15) is 14.4 Å². The number of imide groups is 1. The quantitative estimate of drug-likeness (QED) is 0.622. The summed E-state index contributed by atoms with van der Waals surface area (Å²) in [7, 11) is 0. The minimum Gasteiger partial charge on any atom is -0.480 e. The lowest BCUT2D eigenvalue weighted by atomic mass is 10.2. The molecule has 0 aromatic heterocycles. The summed E-state index contributed by atoms with van der Waals surface area (Å²) in [6, 6.07) is -1.49. The molecule has 0 saturated carbocycles. The number of nitrogens with zero attached hydrogens (tertiary/aromatic N) is 1. The number of aliphatic hydroxyl groups excluding tert-OH is 1. The first-order valence-corrected chi connectivity index (χ1v) is 6.03. The number of carboxylic acids is 1. The van der Waals surface area contributed by atoms with Gasteiger partial charge in [-0.25, -0.2) is 14.5 Å². The lowest BCUT2D eigenvalue weighted by molar-refractivity contribution is -0.150. The normalized spacial score (nSPS) is 13.8. The minimum atomic E-state index is -1.68. The van der Waals surface area contributed by atoms with Gasteiger partial charge in [-0.05, 0) is 12.7 Å². The van der Waals surface area contributed by atoms with Crippen LogP contribution in [0.5, 0.6) is 0 Å². The molecule has 0 aromatic carbocycles. The molecular formula is C9H15NO6S. The summed E-state index contributed by atoms with van der Waals surface area (Å²) >= 11 is 1.20. The molecule has 2 amide bonds. The fourth-order valence-corrected chi connectivity index (χ4v) is 1.82. The largest absolute Gasteiger partial charge is 0.480 e. The molecule has 0 aromatic rings. The predicted octanol–water partition coefficient (Wildman–Crippen LogP) is 0.0801. The van der Waals surface area contributed by atoms with Crippen LogP contribution in [0.2, 0.25) is 0 Å². The lowest BCUT2D eigenvalue weighted by Gasteiger charge is -2.25. The fraction of sp³-hybridized carbons (Fsp3) is 0.667. The zero-order valence-electron chi connectivity index (χ0n) is 9.49. The van der Waals surface area contributed by atoms with E-state index in [2.05, 4.69) is 0 Å². The number of carboxylic acid groups (broad SMARTS) is 2. The van der Waals surface area contributed by atoms with Gasteiger partial charge in [0.2, 0.25) is 0 Å². The second-order valence-electron chi connectivity index (χ2n) is 3.18. The maximum Gasteiger partial charge on any atom is 0.414 e. The number of aliphatic carboxylic acids is 1. The van der Waals surface area contributed by atoms with Crippen LogP contribution in [0.4, 0.5) is 4.79 Å². The number of rotatable bonds is 6. The van der Waals surface area contributed by atoms with E-state index in [0.29, 0.717) is 5.75 Å². The van der Waals surface area contributed by atoms with E-state index in [1.165, 1.54) is 11.8 Å². The molecular weight excluding hydrogens is 250 g/mol. The fourth-order valence-electron chi connectivity index (χ4n) is 1.07. The molecule has 0 radical (unpaired) electrons. The monoisotopic (exact) mass is 265 g/mol. The first-order valence-electron chi connectivity index (χ1n) is 4.87. The summed E-state index contributed by atoms with van der Waals surface area (Å²) in [6.45, 7) is 2.87. The second kappa shape index (κ2) is 7.13. The molecule has 0 bridgehead atoms. The van der Waals surface area contributed by atoms with Crippen LogP contribution >= 0.6 is 11.8 Å². The first kappa shape index (κ1) is 15.7. The highest BCUT2D eigenvalue weighted by Gasteiger charge is 2.36. The summed E-state index contributed by atoms with van der Waals surface area (Å²) in [5.41, 5.74) is 0. The van der Waals surface area contributed by atoms with Crippen molar-refractivity contribution in [2.24, 2.45) is 0 Å². The Bertz CT molecular complexity index is 306. The van der Waals surface area contributed by atoms with Gasteiger partial charge < -0.3 is 15.3 Å². The van der Waals surface area contributed by atoms with Gasteiger partial charge in [-0.15, -0.1) is 0 Å². The van der Waals surface area contributed by atoms with Crippen molar-refractivity contribution in [2.45, 2.75) is 26.0 Å². The standard InChI is InChI=1S/C9H15NO6S/c1-3-17-4-6(8(13)14)10(9(15)16)7(12)5(2)11/h5-6,11H,3-4H2,1-2H3,(H,13,14)(H,15,16). The molecule has 0 aliphatic rings. The molecule has 17 heavy (non-hydrogen) atoms. The Morgan fingerprint density at radius 3 is 2.12 bits per heavy atom. The highest BCUT2D eigenvalue weighted by atomic mass is 32.2. The molecule has 0 rings (SSSR count). The van der Waals surface area contributed by atoms with Crippen molar-refractivity contribution in [1.29, 1.82) is 0 Å². The summed E-state index contributed by atoms with van der Waals surface area (Å²) in [5.74, 6) is -2.00. The number of hydrogen-bond acceptors (Lipinski definition) is 5. The third kappa shape index (κ3) is 4.61. The molecule has 8 heteroatoms. The molecule has 0 fully saturated rings. The van der Waals surface area contributed by atoms with Crippen molar-refractivity contribution >= 4 is 29.7 Å². The average Bonchev–Trinajstić information content (AvgIpc) is 2.21. The van der Waals surface area contributed by atoms with E-state index >= 15 is 0 Å². The van der Waals surface area contributed by atoms with Gasteiger partial charge in [0.15, 0.2) is 0 Å². The van der Waals surface area contributed by atoms with Gasteiger partial charge in [-0.3, -0.25) is 4.79 Å². The van der Waals surface area contributed by atoms with Crippen LogP contribution in [0.1, 0.15) is 13.8 Å². The zero-order chi connectivity index (χ0) is 13.6. The van der Waals surface area contributed by atoms with E-state index in [0.717, 1.165) is 6.92 Å². The van der Waals surface area contributed by atoms with Gasteiger partial charge in [-0.2, -0.15) is 11.8 Å². The second-order valence-corrected chi connectivity index (χ2v) is 4.50. The zero-order valence-corrected chi connectivity index (χ0v) is 10.3. The molecule has 0 aliphatic carbocycles. The molecule has 0 heterocycles. The van der Waals surface area contributed by atoms with Crippen LogP contribution in [-0.4, -0.2) is 61.8 Å². The van der Waals surface area contributed by atoms with Crippen molar-refractivity contribution in [2.75, 3.05) is 11.5 Å². The number of thioether (sulfide) groups is 1. The Hall–Kier alpha value is -1.28. The van der Waals surface area contributed by atoms with Gasteiger partial charge in [0.1, 0.15) is 12.1 Å². The number of amides is 2. The lowest BCUT2D eigenvalue weighted by Crippen LogP contribution is -2.52. The van der Waals surface area contributed by atoms with E-state index in [4.69, 9.17) is 15.3 Å². The van der Waals surface area contributed by atoms with Crippen molar-refractivity contribution in [3.05, 3.63) is 0 Å². The molecule has 0 saturated heterocycles. The minimum absolute atomic E-state index is 0.0450. The Kier molecular flexibility index (Phi) is 6.59. The Labute approximate surface area is 102 Å². The van der Waals surface area contributed by atoms with Crippen LogP contribution in [0.15, 0.2) is 0 Å². The Morgan fingerprint density at radius 1 is 1.29 bits per heavy atom. The third-order valence-corrected chi connectivity index (χ3v) is 2.84. The van der Waals surface area contributed by atoms with E-state index in [1.54, 1.807) is 6.92 Å². The van der Waals surface area contributed by atoms with Crippen molar-refractivity contribution in [3.8, 4) is 0 Å². The van der Waals surface area contributed by atoms with Crippen LogP contribution in [0, 0.1) is 0 Å². The van der Waals surface area contributed by atoms with Crippen LogP contribution in [-0.2, 0) is 9.59 Å². The third-order valence-electron chi connectivity index (χ3n) is 1.88. The van der Waals surface area contributed by atoms with Crippen molar-refractivity contribution < 1.29 is 29.7 Å². The molecule has 0 aliphatic heterocycles. The molecule has 2 unspecified atom stereocenters. The summed E-state index contributed by atoms with van der Waals surface area (Å²) in [6.07, 6.45) is -3.24. The van der Waals surface area contributed by atoms with Gasteiger partial charge in [-0.1, -0.05) is 6.92 Å². The van der Waals surface area contributed by atoms with Gasteiger partial charge in [0, 0.05) is 5.75 Å². The smallest absolute Gasteiger partial charge is 0.414 e. The van der Waals surface area contributed by atoms with Gasteiger partial charge in [0.25, 0.3) is 5.91 Å². The highest BCUT2D eigenvalue weighted by molar-refractivity contribution is 7.99. The van der Waals surface area contributed by atoms with E-state index in [1.807, 2.05) is 0 Å². The molecule has 98 valence electrons. The van der Waals surface area contributed by atoms with Crippen LogP contribution < -0.4 is 0 Å². The van der Waals surface area contributed by atoms with E-state index < -0.39 is 30.1 Å². The summed E-state index contributed by atoms with van der Waals surface area (Å²) in [4.78, 5) is 33.4. The number of carbonyl (C=O) groups excluding carboxylic acids is 1. The Balaban J connectivity index is 5.03. The maximum absolute atomic E-state index is 11.4. The molecule has 0 spiro atoms.